The van der Waals surface area contributed by atoms with Crippen molar-refractivity contribution in [2.24, 2.45) is 5.92 Å². The van der Waals surface area contributed by atoms with Gasteiger partial charge in [0.05, 0.1) is 23.6 Å². The minimum absolute atomic E-state index is 0.303. The van der Waals surface area contributed by atoms with Gasteiger partial charge in [-0.15, -0.1) is 11.8 Å². The number of benzene rings is 1. The Morgan fingerprint density at radius 1 is 1.19 bits per heavy atom. The Bertz CT molecular complexity index is 716. The van der Waals surface area contributed by atoms with Crippen molar-refractivity contribution in [1.82, 2.24) is 20.4 Å². The maximum Gasteiger partial charge on any atom is 0.327 e. The molecular weight excluding hydrogens is 356 g/mol. The number of fused-ring (bicyclic) bond motifs is 1. The predicted octanol–water partition coefficient (Wildman–Crippen LogP) is 0.876. The fourth-order valence-electron chi connectivity index (χ4n) is 3.29. The lowest BCUT2D eigenvalue weighted by Crippen LogP contribution is -2.72. The van der Waals surface area contributed by atoms with Gasteiger partial charge < -0.3 is 10.0 Å². The molecule has 3 N–H and O–H groups in total. The molecule has 26 heavy (non-hydrogen) atoms. The van der Waals surface area contributed by atoms with Crippen LogP contribution in [0.5, 0.6) is 0 Å². The summed E-state index contributed by atoms with van der Waals surface area (Å²) in [5, 5.41) is 14.8. The number of rotatable bonds is 4. The van der Waals surface area contributed by atoms with Crippen LogP contribution in [0.3, 0.4) is 0 Å². The molecule has 3 amide bonds. The highest BCUT2D eigenvalue weighted by Crippen LogP contribution is 2.35. The highest BCUT2D eigenvalue weighted by atomic mass is 32.2. The second-order valence-electron chi connectivity index (χ2n) is 6.48. The monoisotopic (exact) mass is 378 g/mol. The Kier molecular flexibility index (Phi) is 5.22. The zero-order valence-corrected chi connectivity index (χ0v) is 15.6. The van der Waals surface area contributed by atoms with Gasteiger partial charge in [-0.3, -0.25) is 25.1 Å². The molecule has 0 aliphatic carbocycles. The van der Waals surface area contributed by atoms with Gasteiger partial charge in [0.25, 0.3) is 0 Å². The predicted molar refractivity (Wildman–Crippen MR) is 97.1 cm³/mol. The molecule has 1 aromatic rings. The number of amides is 3. The fraction of sp³-hybridized carbons (Fsp3) is 0.471. The van der Waals surface area contributed by atoms with E-state index in [2.05, 4.69) is 10.6 Å². The van der Waals surface area contributed by atoms with Crippen molar-refractivity contribution in [3.63, 3.8) is 0 Å². The van der Waals surface area contributed by atoms with E-state index in [-0.39, 0.29) is 18.1 Å². The van der Waals surface area contributed by atoms with Gasteiger partial charge in [-0.2, -0.15) is 0 Å². The lowest BCUT2D eigenvalue weighted by Gasteiger charge is -2.50. The smallest absolute Gasteiger partial charge is 0.327 e. The van der Waals surface area contributed by atoms with Crippen molar-refractivity contribution in [2.75, 3.05) is 14.1 Å². The maximum absolute atomic E-state index is 12.8. The first-order valence-corrected chi connectivity index (χ1v) is 9.25. The summed E-state index contributed by atoms with van der Waals surface area (Å²) in [6, 6.07) is 9.20. The van der Waals surface area contributed by atoms with Gasteiger partial charge in [0.15, 0.2) is 0 Å². The summed E-state index contributed by atoms with van der Waals surface area (Å²) >= 11 is 1.19. The minimum Gasteiger partial charge on any atom is -0.480 e. The molecule has 0 aromatic heterocycles. The SMILES string of the molecule is CC(SC1NC(c2ccccc2)NC2C1C(=O)N(C)C(=O)N2C)C(=O)O. The van der Waals surface area contributed by atoms with E-state index in [1.807, 2.05) is 30.3 Å². The van der Waals surface area contributed by atoms with Crippen LogP contribution in [0.25, 0.3) is 0 Å². The van der Waals surface area contributed by atoms with E-state index in [4.69, 9.17) is 0 Å². The van der Waals surface area contributed by atoms with E-state index >= 15 is 0 Å². The number of urea groups is 1. The quantitative estimate of drug-likeness (QED) is 0.715. The summed E-state index contributed by atoms with van der Waals surface area (Å²) < 4.78 is 0. The molecule has 1 aromatic carbocycles. The van der Waals surface area contributed by atoms with E-state index in [1.165, 1.54) is 23.7 Å². The number of hydrogen-bond donors (Lipinski definition) is 3. The first-order chi connectivity index (χ1) is 12.3. The van der Waals surface area contributed by atoms with E-state index in [0.29, 0.717) is 0 Å². The number of aliphatic carboxylic acids is 1. The van der Waals surface area contributed by atoms with Crippen LogP contribution in [0.2, 0.25) is 0 Å². The van der Waals surface area contributed by atoms with Gasteiger partial charge in [0.2, 0.25) is 5.91 Å². The van der Waals surface area contributed by atoms with Crippen molar-refractivity contribution in [3.05, 3.63) is 35.9 Å². The third-order valence-electron chi connectivity index (χ3n) is 4.79. The topological polar surface area (TPSA) is 102 Å². The molecule has 2 aliphatic heterocycles. The van der Waals surface area contributed by atoms with Gasteiger partial charge in [-0.1, -0.05) is 30.3 Å². The van der Waals surface area contributed by atoms with E-state index in [0.717, 1.165) is 10.5 Å². The first kappa shape index (κ1) is 18.7. The Labute approximate surface area is 155 Å². The third kappa shape index (κ3) is 3.29. The Morgan fingerprint density at radius 3 is 2.46 bits per heavy atom. The zero-order chi connectivity index (χ0) is 19.0. The molecule has 2 heterocycles. The van der Waals surface area contributed by atoms with E-state index in [1.54, 1.807) is 14.0 Å². The molecule has 0 saturated carbocycles. The van der Waals surface area contributed by atoms with Gasteiger partial charge in [0, 0.05) is 14.1 Å². The number of nitrogens with zero attached hydrogens (tertiary/aromatic N) is 2. The molecule has 5 unspecified atom stereocenters. The molecule has 140 valence electrons. The third-order valence-corrected chi connectivity index (χ3v) is 6.12. The minimum atomic E-state index is -0.941. The molecule has 0 spiro atoms. The Hall–Kier alpha value is -2.10. The number of carboxylic acids is 1. The van der Waals surface area contributed by atoms with Crippen molar-refractivity contribution in [3.8, 4) is 0 Å². The lowest BCUT2D eigenvalue weighted by molar-refractivity contribution is -0.140. The molecule has 5 atom stereocenters. The number of imide groups is 1. The van der Waals surface area contributed by atoms with Crippen LogP contribution >= 0.6 is 11.8 Å². The summed E-state index contributed by atoms with van der Waals surface area (Å²) in [5.74, 6) is -1.85. The van der Waals surface area contributed by atoms with Crippen molar-refractivity contribution in [1.29, 1.82) is 0 Å². The summed E-state index contributed by atoms with van der Waals surface area (Å²) in [6.07, 6.45) is -0.821. The second kappa shape index (κ2) is 7.26. The number of carbonyl (C=O) groups is 3. The molecule has 2 fully saturated rings. The number of thioether (sulfide) groups is 1. The van der Waals surface area contributed by atoms with Gasteiger partial charge in [-0.25, -0.2) is 4.79 Å². The lowest BCUT2D eigenvalue weighted by atomic mass is 9.96. The average Bonchev–Trinajstić information content (AvgIpc) is 2.64. The highest BCUT2D eigenvalue weighted by Gasteiger charge is 2.51. The molecular formula is C17H22N4O4S. The standard InChI is InChI=1S/C17H22N4O4S/c1-9(16(23)24)26-14-11-13(20(2)17(25)21(3)15(11)22)18-12(19-14)10-7-5-4-6-8-10/h4-9,11-14,18-19H,1-3H3,(H,23,24). The van der Waals surface area contributed by atoms with Crippen molar-refractivity contribution < 1.29 is 19.5 Å². The van der Waals surface area contributed by atoms with Crippen molar-refractivity contribution >= 4 is 29.7 Å². The summed E-state index contributed by atoms with van der Waals surface area (Å²) in [7, 11) is 3.09. The number of carbonyl (C=O) groups excluding carboxylic acids is 2. The van der Waals surface area contributed by atoms with Crippen molar-refractivity contribution in [2.45, 2.75) is 29.9 Å². The molecule has 0 radical (unpaired) electrons. The number of hydrogen-bond acceptors (Lipinski definition) is 6. The van der Waals surface area contributed by atoms with E-state index in [9.17, 15) is 19.5 Å². The zero-order valence-electron chi connectivity index (χ0n) is 14.7. The maximum atomic E-state index is 12.8. The van der Waals surface area contributed by atoms with Crippen LogP contribution in [-0.4, -0.2) is 63.7 Å². The molecule has 9 heteroatoms. The summed E-state index contributed by atoms with van der Waals surface area (Å²) in [4.78, 5) is 39.0. The molecule has 3 rings (SSSR count). The van der Waals surface area contributed by atoms with Crippen LogP contribution in [0.15, 0.2) is 30.3 Å². The highest BCUT2D eigenvalue weighted by molar-refractivity contribution is 8.01. The fourth-order valence-corrected chi connectivity index (χ4v) is 4.49. The van der Waals surface area contributed by atoms with Crippen LogP contribution < -0.4 is 10.6 Å². The first-order valence-electron chi connectivity index (χ1n) is 8.31. The number of nitrogens with one attached hydrogen (secondary N) is 2. The van der Waals surface area contributed by atoms with Crippen LogP contribution in [-0.2, 0) is 9.59 Å². The van der Waals surface area contributed by atoms with Gasteiger partial charge in [-0.05, 0) is 12.5 Å². The Balaban J connectivity index is 1.94. The largest absolute Gasteiger partial charge is 0.480 e. The molecule has 2 saturated heterocycles. The second-order valence-corrected chi connectivity index (χ2v) is 7.96. The van der Waals surface area contributed by atoms with Crippen LogP contribution in [0.1, 0.15) is 18.7 Å². The van der Waals surface area contributed by atoms with Crippen LogP contribution in [0, 0.1) is 5.92 Å². The Morgan fingerprint density at radius 2 is 1.85 bits per heavy atom. The van der Waals surface area contributed by atoms with Crippen LogP contribution in [0.4, 0.5) is 4.79 Å². The van der Waals surface area contributed by atoms with E-state index < -0.39 is 28.7 Å². The molecule has 2 aliphatic rings. The van der Waals surface area contributed by atoms with Gasteiger partial charge in [0.1, 0.15) is 5.25 Å². The summed E-state index contributed by atoms with van der Waals surface area (Å²) in [6.45, 7) is 1.59. The van der Waals surface area contributed by atoms with Gasteiger partial charge >= 0.3 is 12.0 Å². The molecule has 0 bridgehead atoms. The summed E-state index contributed by atoms with van der Waals surface area (Å²) in [5.41, 5.74) is 0.951. The number of carboxylic acid groups (broad SMARTS) is 1. The average molecular weight is 378 g/mol. The normalized spacial score (nSPS) is 30.1. The molecule has 8 nitrogen and oxygen atoms in total.